The lowest BCUT2D eigenvalue weighted by Gasteiger charge is -2.13. The Morgan fingerprint density at radius 3 is 2.53 bits per heavy atom. The fraction of sp³-hybridized carbons (Fsp3) is 0.250. The van der Waals surface area contributed by atoms with Crippen LogP contribution >= 0.6 is 11.8 Å². The Morgan fingerprint density at radius 1 is 1.10 bits per heavy atom. The van der Waals surface area contributed by atoms with Gasteiger partial charge < -0.3 is 10.1 Å². The van der Waals surface area contributed by atoms with Crippen LogP contribution in [0.25, 0.3) is 10.9 Å². The molecule has 0 radical (unpaired) electrons. The van der Waals surface area contributed by atoms with Crippen LogP contribution in [0.1, 0.15) is 5.56 Å². The van der Waals surface area contributed by atoms with Crippen LogP contribution in [0.15, 0.2) is 64.5 Å². The summed E-state index contributed by atoms with van der Waals surface area (Å²) in [6, 6.07) is 16.4. The third-order valence-electron chi connectivity index (χ3n) is 3.98. The molecule has 10 heteroatoms. The van der Waals surface area contributed by atoms with Gasteiger partial charge in [0.05, 0.1) is 17.4 Å². The Bertz CT molecular complexity index is 1070. The molecule has 2 aromatic carbocycles. The monoisotopic (exact) mass is 437 g/mol. The number of halogens is 3. The first-order valence-electron chi connectivity index (χ1n) is 8.97. The van der Waals surface area contributed by atoms with Crippen LogP contribution in [0.2, 0.25) is 0 Å². The van der Waals surface area contributed by atoms with Crippen molar-refractivity contribution in [2.24, 2.45) is 0 Å². The number of carbonyl (C=O) groups is 1. The quantitative estimate of drug-likeness (QED) is 0.346. The minimum absolute atomic E-state index is 0.0510. The molecule has 3 aromatic rings. The number of nitrogens with zero attached hydrogens (tertiary/aromatic N) is 2. The third-order valence-corrected chi connectivity index (χ3v) is 4.96. The van der Waals surface area contributed by atoms with Crippen molar-refractivity contribution >= 4 is 28.8 Å². The molecule has 1 heterocycles. The highest BCUT2D eigenvalue weighted by Crippen LogP contribution is 2.19. The van der Waals surface area contributed by atoms with Gasteiger partial charge in [-0.1, -0.05) is 54.2 Å². The molecule has 0 saturated carbocycles. The van der Waals surface area contributed by atoms with E-state index >= 15 is 0 Å². The molecule has 6 nitrogen and oxygen atoms in total. The number of para-hydroxylation sites is 1. The number of benzene rings is 2. The van der Waals surface area contributed by atoms with Crippen molar-refractivity contribution in [2.75, 3.05) is 18.9 Å². The number of aromatic nitrogens is 2. The first kappa shape index (κ1) is 21.7. The summed E-state index contributed by atoms with van der Waals surface area (Å²) >= 11 is 1.22. The average molecular weight is 437 g/mol. The van der Waals surface area contributed by atoms with E-state index < -0.39 is 18.9 Å². The first-order valence-corrected chi connectivity index (χ1v) is 9.96. The summed E-state index contributed by atoms with van der Waals surface area (Å²) in [4.78, 5) is 28.9. The van der Waals surface area contributed by atoms with Crippen LogP contribution in [0.3, 0.4) is 0 Å². The molecule has 0 aliphatic carbocycles. The number of hydrogen-bond acceptors (Lipinski definition) is 5. The number of hydrogen-bond donors (Lipinski definition) is 1. The third kappa shape index (κ3) is 5.99. The van der Waals surface area contributed by atoms with Gasteiger partial charge in [0.2, 0.25) is 0 Å². The second kappa shape index (κ2) is 9.66. The maximum atomic E-state index is 13.0. The zero-order chi connectivity index (χ0) is 21.6. The average Bonchev–Trinajstić information content (AvgIpc) is 2.72. The van der Waals surface area contributed by atoms with Crippen molar-refractivity contribution < 1.29 is 22.7 Å². The summed E-state index contributed by atoms with van der Waals surface area (Å²) in [5.74, 6) is 0.292. The second-order valence-electron chi connectivity index (χ2n) is 6.25. The van der Waals surface area contributed by atoms with Gasteiger partial charge in [-0.15, -0.1) is 0 Å². The van der Waals surface area contributed by atoms with Crippen LogP contribution in [0, 0.1) is 0 Å². The summed E-state index contributed by atoms with van der Waals surface area (Å²) in [5.41, 5.74) is 1.28. The smallest absolute Gasteiger partial charge is 0.422 e. The molecule has 0 bridgehead atoms. The largest absolute Gasteiger partial charge is 0.440 e. The highest BCUT2D eigenvalue weighted by atomic mass is 32.2. The molecular weight excluding hydrogens is 419 g/mol. The highest BCUT2D eigenvalue weighted by molar-refractivity contribution is 7.99. The Kier molecular flexibility index (Phi) is 6.99. The van der Waals surface area contributed by atoms with Gasteiger partial charge in [0.15, 0.2) is 11.8 Å². The molecule has 0 unspecified atom stereocenters. The number of alkyl halides is 3. The minimum atomic E-state index is -4.57. The van der Waals surface area contributed by atoms with Crippen LogP contribution in [0.5, 0.6) is 0 Å². The molecule has 30 heavy (non-hydrogen) atoms. The van der Waals surface area contributed by atoms with Gasteiger partial charge in [0.25, 0.3) is 5.56 Å². The Balaban J connectivity index is 1.71. The molecule has 1 aromatic heterocycles. The van der Waals surface area contributed by atoms with E-state index in [9.17, 15) is 22.8 Å². The van der Waals surface area contributed by atoms with Crippen molar-refractivity contribution in [3.8, 4) is 0 Å². The van der Waals surface area contributed by atoms with E-state index in [0.717, 1.165) is 5.56 Å². The summed E-state index contributed by atoms with van der Waals surface area (Å²) < 4.78 is 41.8. The zero-order valence-corrected chi connectivity index (χ0v) is 16.5. The van der Waals surface area contributed by atoms with Gasteiger partial charge in [0.1, 0.15) is 0 Å². The maximum absolute atomic E-state index is 13.0. The Morgan fingerprint density at radius 2 is 1.80 bits per heavy atom. The van der Waals surface area contributed by atoms with Gasteiger partial charge in [-0.25, -0.2) is 9.78 Å². The van der Waals surface area contributed by atoms with Crippen LogP contribution in [-0.2, 0) is 11.3 Å². The van der Waals surface area contributed by atoms with Crippen molar-refractivity contribution in [3.05, 3.63) is 70.5 Å². The standard InChI is InChI=1S/C20H18F3N3O3S/c21-20(22,23)13-29-19(28)24-10-11-30-18-25-16-9-5-4-8-15(16)17(27)26(18)12-14-6-2-1-3-7-14/h1-9H,10-13H2,(H,24,28). The van der Waals surface area contributed by atoms with E-state index in [0.29, 0.717) is 28.4 Å². The second-order valence-corrected chi connectivity index (χ2v) is 7.32. The van der Waals surface area contributed by atoms with Crippen LogP contribution in [-0.4, -0.2) is 40.7 Å². The van der Waals surface area contributed by atoms with Gasteiger partial charge in [0, 0.05) is 12.3 Å². The number of amides is 1. The summed E-state index contributed by atoms with van der Waals surface area (Å²) in [6.07, 6.45) is -5.73. The maximum Gasteiger partial charge on any atom is 0.422 e. The van der Waals surface area contributed by atoms with Gasteiger partial charge in [-0.3, -0.25) is 9.36 Å². The topological polar surface area (TPSA) is 73.2 Å². The van der Waals surface area contributed by atoms with Crippen LogP contribution < -0.4 is 10.9 Å². The number of fused-ring (bicyclic) bond motifs is 1. The first-order chi connectivity index (χ1) is 14.3. The molecule has 0 atom stereocenters. The van der Waals surface area contributed by atoms with Crippen LogP contribution in [0.4, 0.5) is 18.0 Å². The minimum Gasteiger partial charge on any atom is -0.440 e. The molecule has 1 N–H and O–H groups in total. The van der Waals surface area contributed by atoms with Gasteiger partial charge in [-0.2, -0.15) is 13.2 Å². The number of ether oxygens (including phenoxy) is 1. The summed E-state index contributed by atoms with van der Waals surface area (Å²) in [6.45, 7) is -1.27. The predicted molar refractivity (Wildman–Crippen MR) is 108 cm³/mol. The van der Waals surface area contributed by atoms with Crippen molar-refractivity contribution in [3.63, 3.8) is 0 Å². The lowest BCUT2D eigenvalue weighted by Crippen LogP contribution is -2.30. The molecule has 158 valence electrons. The van der Waals surface area contributed by atoms with E-state index in [1.54, 1.807) is 28.8 Å². The van der Waals surface area contributed by atoms with Crippen molar-refractivity contribution in [1.29, 1.82) is 0 Å². The molecule has 0 fully saturated rings. The molecule has 0 aliphatic rings. The number of carbonyl (C=O) groups excluding carboxylic acids is 1. The summed E-state index contributed by atoms with van der Waals surface area (Å²) in [5, 5.41) is 3.19. The lowest BCUT2D eigenvalue weighted by atomic mass is 10.2. The molecule has 0 spiro atoms. The molecular formula is C20H18F3N3O3S. The SMILES string of the molecule is O=C(NCCSc1nc2ccccc2c(=O)n1Cc1ccccc1)OCC(F)(F)F. The van der Waals surface area contributed by atoms with E-state index in [4.69, 9.17) is 0 Å². The fourth-order valence-electron chi connectivity index (χ4n) is 2.66. The molecule has 1 amide bonds. The van der Waals surface area contributed by atoms with E-state index in [-0.39, 0.29) is 12.1 Å². The highest BCUT2D eigenvalue weighted by Gasteiger charge is 2.29. The Hall–Kier alpha value is -3.01. The van der Waals surface area contributed by atoms with Gasteiger partial charge >= 0.3 is 12.3 Å². The fourth-order valence-corrected chi connectivity index (χ4v) is 3.51. The van der Waals surface area contributed by atoms with E-state index in [2.05, 4.69) is 15.0 Å². The number of thioether (sulfide) groups is 1. The number of alkyl carbamates (subject to hydrolysis) is 1. The molecule has 0 saturated heterocycles. The van der Waals surface area contributed by atoms with Gasteiger partial charge in [-0.05, 0) is 17.7 Å². The Labute approximate surface area is 174 Å². The van der Waals surface area contributed by atoms with E-state index in [1.807, 2.05) is 30.3 Å². The lowest BCUT2D eigenvalue weighted by molar-refractivity contribution is -0.160. The van der Waals surface area contributed by atoms with E-state index in [1.165, 1.54) is 11.8 Å². The molecule has 3 rings (SSSR count). The normalized spacial score (nSPS) is 11.4. The number of rotatable bonds is 7. The van der Waals surface area contributed by atoms with Crippen molar-refractivity contribution in [2.45, 2.75) is 17.9 Å². The number of nitrogens with one attached hydrogen (secondary N) is 1. The summed E-state index contributed by atoms with van der Waals surface area (Å²) in [7, 11) is 0. The van der Waals surface area contributed by atoms with Crippen molar-refractivity contribution in [1.82, 2.24) is 14.9 Å². The zero-order valence-electron chi connectivity index (χ0n) is 15.7. The molecule has 0 aliphatic heterocycles. The predicted octanol–water partition coefficient (Wildman–Crippen LogP) is 3.83.